The normalized spacial score (nSPS) is 23.8. The molecule has 206 valence electrons. The van der Waals surface area contributed by atoms with E-state index in [0.717, 1.165) is 0 Å². The van der Waals surface area contributed by atoms with Gasteiger partial charge in [0.25, 0.3) is 0 Å². The molecule has 0 spiro atoms. The number of nitrogens with zero attached hydrogens (tertiary/aromatic N) is 4. The van der Waals surface area contributed by atoms with Crippen molar-refractivity contribution < 1.29 is 77.8 Å². The molecular weight excluding hydrogens is 563 g/mol. The van der Waals surface area contributed by atoms with E-state index in [1.165, 1.54) is 17.2 Å². The predicted octanol–water partition coefficient (Wildman–Crippen LogP) is -4.98. The number of ether oxygens (including phenoxy) is 1. The molecule has 0 aromatic carbocycles. The first kappa shape index (κ1) is 34.1. The molecule has 2 aromatic heterocycles. The number of aliphatic hydroxyl groups excluding tert-OH is 3. The van der Waals surface area contributed by atoms with Crippen molar-refractivity contribution in [3.05, 3.63) is 12.7 Å². The molecule has 1 aliphatic heterocycles. The van der Waals surface area contributed by atoms with E-state index < -0.39 is 54.1 Å². The minimum absolute atomic E-state index is 0.151. The van der Waals surface area contributed by atoms with Crippen LogP contribution in [0.4, 0.5) is 5.82 Å². The molecule has 3 rings (SSSR count). The van der Waals surface area contributed by atoms with Gasteiger partial charge in [-0.3, -0.25) is 4.57 Å². The lowest BCUT2D eigenvalue weighted by Crippen LogP contribution is -2.44. The minimum atomic E-state index is -4.64. The number of nitrogen functional groups attached to an aromatic ring is 1. The van der Waals surface area contributed by atoms with Crippen molar-refractivity contribution in [2.45, 2.75) is 24.0 Å². The van der Waals surface area contributed by atoms with Crippen molar-refractivity contribution in [1.29, 1.82) is 0 Å². The Bertz CT molecular complexity index is 1110. The van der Waals surface area contributed by atoms with Crippen molar-refractivity contribution in [3.8, 4) is 12.3 Å². The summed E-state index contributed by atoms with van der Waals surface area (Å²) in [6.45, 7) is -0.495. The third-order valence-electron chi connectivity index (χ3n) is 3.54. The van der Waals surface area contributed by atoms with Gasteiger partial charge in [0.05, 0.1) is 6.61 Å². The SMILES string of the molecule is C#C[C@@]1(n2cnc3c(N)ncnc32)O[C@H](CO)[C@@H](O)[C@H]1O.O=P(O)(O)O.O=P(O)(O)O.O=P(O)(O)O. The first-order chi connectivity index (χ1) is 16.0. The molecule has 0 amide bonds. The number of hydrogen-bond acceptors (Lipinski definition) is 11. The smallest absolute Gasteiger partial charge is 0.394 e. The highest BCUT2D eigenvalue weighted by molar-refractivity contribution is 7.45. The maximum atomic E-state index is 10.3. The van der Waals surface area contributed by atoms with Crippen LogP contribution in [-0.2, 0) is 24.2 Å². The number of phosphoric acid groups is 3. The summed E-state index contributed by atoms with van der Waals surface area (Å²) in [5.74, 6) is 2.46. The third kappa shape index (κ3) is 11.9. The van der Waals surface area contributed by atoms with Crippen LogP contribution in [0.25, 0.3) is 11.2 Å². The molecule has 1 aliphatic rings. The Morgan fingerprint density at radius 1 is 0.972 bits per heavy atom. The lowest BCUT2D eigenvalue weighted by Gasteiger charge is -2.27. The van der Waals surface area contributed by atoms with Gasteiger partial charge in [0, 0.05) is 0 Å². The Kier molecular flexibility index (Phi) is 12.4. The fourth-order valence-electron chi connectivity index (χ4n) is 2.43. The number of nitrogens with two attached hydrogens (primary N) is 1. The van der Waals surface area contributed by atoms with E-state index in [9.17, 15) is 15.3 Å². The molecule has 0 unspecified atom stereocenters. The second-order valence-electron chi connectivity index (χ2n) is 6.20. The van der Waals surface area contributed by atoms with Crippen LogP contribution >= 0.6 is 23.5 Å². The molecule has 0 saturated carbocycles. The van der Waals surface area contributed by atoms with Crippen molar-refractivity contribution in [2.24, 2.45) is 0 Å². The number of aromatic nitrogens is 4. The fraction of sp³-hybridized carbons (Fsp3) is 0.417. The number of fused-ring (bicyclic) bond motifs is 1. The molecule has 36 heavy (non-hydrogen) atoms. The molecule has 0 radical (unpaired) electrons. The summed E-state index contributed by atoms with van der Waals surface area (Å²) in [7, 11) is -13.9. The molecule has 14 N–H and O–H groups in total. The lowest BCUT2D eigenvalue weighted by atomic mass is 10.0. The number of aliphatic hydroxyl groups is 3. The zero-order chi connectivity index (χ0) is 28.7. The van der Waals surface area contributed by atoms with Gasteiger partial charge in [-0.25, -0.2) is 28.6 Å². The van der Waals surface area contributed by atoms with Crippen LogP contribution in [0.5, 0.6) is 0 Å². The minimum Gasteiger partial charge on any atom is -0.394 e. The molecule has 24 heteroatoms. The standard InChI is InChI=1S/C12H13N5O4.3H3O4P/c1-2-12(9(20)8(19)6(3-18)21-12)17-5-16-7-10(13)14-4-15-11(7)17;3*1-5(2,3)4/h1,4-6,8-9,18-20H,3H2,(H2,13,14,15);3*(H3,1,2,3,4)/t6-,8-,9-,12-;;;/m1.../s1. The molecule has 0 aliphatic carbocycles. The summed E-state index contributed by atoms with van der Waals surface area (Å²) in [4.78, 5) is 76.6. The summed E-state index contributed by atoms with van der Waals surface area (Å²) in [6, 6.07) is 0. The molecule has 0 bridgehead atoms. The van der Waals surface area contributed by atoms with Crippen molar-refractivity contribution >= 4 is 40.4 Å². The maximum Gasteiger partial charge on any atom is 0.466 e. The zero-order valence-electron chi connectivity index (χ0n) is 17.4. The van der Waals surface area contributed by atoms with Crippen LogP contribution in [0.15, 0.2) is 12.7 Å². The van der Waals surface area contributed by atoms with Crippen LogP contribution in [0.2, 0.25) is 0 Å². The van der Waals surface area contributed by atoms with Crippen LogP contribution in [-0.4, -0.2) is 104 Å². The quantitative estimate of drug-likeness (QED) is 0.116. The van der Waals surface area contributed by atoms with E-state index in [4.69, 9.17) is 74.6 Å². The second kappa shape index (κ2) is 13.0. The highest BCUT2D eigenvalue weighted by Crippen LogP contribution is 2.37. The van der Waals surface area contributed by atoms with Crippen LogP contribution in [0.3, 0.4) is 0 Å². The van der Waals surface area contributed by atoms with Gasteiger partial charge in [-0.05, 0) is 5.92 Å². The Morgan fingerprint density at radius 3 is 1.78 bits per heavy atom. The monoisotopic (exact) mass is 585 g/mol. The molecule has 4 atom stereocenters. The number of imidazole rings is 1. The molecule has 1 fully saturated rings. The number of terminal acetylenes is 1. The summed E-state index contributed by atoms with van der Waals surface area (Å²) in [6.07, 6.45) is 4.20. The van der Waals surface area contributed by atoms with Gasteiger partial charge in [-0.2, -0.15) is 0 Å². The van der Waals surface area contributed by atoms with Crippen molar-refractivity contribution in [3.63, 3.8) is 0 Å². The first-order valence-electron chi connectivity index (χ1n) is 8.46. The average Bonchev–Trinajstić information content (AvgIpc) is 3.20. The Labute approximate surface area is 199 Å². The highest BCUT2D eigenvalue weighted by Gasteiger charge is 2.55. The topological polar surface area (TPSA) is 373 Å². The fourth-order valence-corrected chi connectivity index (χ4v) is 2.43. The Morgan fingerprint density at radius 2 is 1.42 bits per heavy atom. The first-order valence-corrected chi connectivity index (χ1v) is 13.2. The highest BCUT2D eigenvalue weighted by atomic mass is 31.2. The van der Waals surface area contributed by atoms with Gasteiger partial charge < -0.3 is 69.8 Å². The van der Waals surface area contributed by atoms with E-state index in [1.807, 2.05) is 0 Å². The number of anilines is 1. The van der Waals surface area contributed by atoms with Crippen molar-refractivity contribution in [1.82, 2.24) is 19.5 Å². The predicted molar refractivity (Wildman–Crippen MR) is 113 cm³/mol. The largest absolute Gasteiger partial charge is 0.466 e. The van der Waals surface area contributed by atoms with E-state index in [0.29, 0.717) is 5.52 Å². The lowest BCUT2D eigenvalue weighted by molar-refractivity contribution is -0.103. The Balaban J connectivity index is 0.000000672. The van der Waals surface area contributed by atoms with Gasteiger partial charge in [-0.1, -0.05) is 0 Å². The van der Waals surface area contributed by atoms with Gasteiger partial charge >= 0.3 is 23.5 Å². The molecule has 1 saturated heterocycles. The molecule has 2 aromatic rings. The molecular formula is C12H22N5O16P3. The number of hydrogen-bond donors (Lipinski definition) is 13. The summed E-state index contributed by atoms with van der Waals surface area (Å²) < 4.78 is 33.4. The second-order valence-corrected chi connectivity index (χ2v) is 9.28. The van der Waals surface area contributed by atoms with Crippen LogP contribution in [0, 0.1) is 12.3 Å². The summed E-state index contributed by atoms with van der Waals surface area (Å²) >= 11 is 0. The van der Waals surface area contributed by atoms with Gasteiger partial charge in [0.15, 0.2) is 11.5 Å². The summed E-state index contributed by atoms with van der Waals surface area (Å²) in [5.41, 5.74) is 4.51. The average molecular weight is 585 g/mol. The van der Waals surface area contributed by atoms with Gasteiger partial charge in [0.2, 0.25) is 5.72 Å². The third-order valence-corrected chi connectivity index (χ3v) is 3.54. The van der Waals surface area contributed by atoms with E-state index >= 15 is 0 Å². The van der Waals surface area contributed by atoms with Crippen LogP contribution in [0.1, 0.15) is 0 Å². The molecule has 3 heterocycles. The zero-order valence-corrected chi connectivity index (χ0v) is 20.1. The van der Waals surface area contributed by atoms with Crippen LogP contribution < -0.4 is 5.73 Å². The summed E-state index contributed by atoms with van der Waals surface area (Å²) in [5, 5.41) is 29.4. The van der Waals surface area contributed by atoms with E-state index in [2.05, 4.69) is 20.9 Å². The number of rotatable bonds is 2. The maximum absolute atomic E-state index is 10.3. The van der Waals surface area contributed by atoms with E-state index in [1.54, 1.807) is 0 Å². The van der Waals surface area contributed by atoms with E-state index in [-0.39, 0.29) is 11.5 Å². The van der Waals surface area contributed by atoms with Gasteiger partial charge in [0.1, 0.15) is 36.5 Å². The van der Waals surface area contributed by atoms with Crippen molar-refractivity contribution in [2.75, 3.05) is 12.3 Å². The van der Waals surface area contributed by atoms with Gasteiger partial charge in [-0.15, -0.1) is 6.42 Å². The Hall–Kier alpha value is -1.92. The molecule has 21 nitrogen and oxygen atoms in total.